The van der Waals surface area contributed by atoms with E-state index in [-0.39, 0.29) is 23.9 Å². The van der Waals surface area contributed by atoms with E-state index in [1.807, 2.05) is 11.8 Å². The molecule has 0 spiro atoms. The van der Waals surface area contributed by atoms with Crippen LogP contribution in [0.4, 0.5) is 13.2 Å². The number of aromatic nitrogens is 6. The highest BCUT2D eigenvalue weighted by Gasteiger charge is 2.49. The molecule has 3 aromatic rings. The van der Waals surface area contributed by atoms with E-state index in [0.29, 0.717) is 23.5 Å². The highest BCUT2D eigenvalue weighted by atomic mass is 19.4. The molecule has 3 unspecified atom stereocenters. The smallest absolute Gasteiger partial charge is 0.332 e. The molecule has 8 nitrogen and oxygen atoms in total. The van der Waals surface area contributed by atoms with Crippen LogP contribution in [0.2, 0.25) is 0 Å². The number of aryl methyl sites for hydroxylation is 1. The summed E-state index contributed by atoms with van der Waals surface area (Å²) in [5.74, 6) is 0.372. The minimum absolute atomic E-state index is 0.00413. The van der Waals surface area contributed by atoms with Crippen molar-refractivity contribution < 1.29 is 18.0 Å². The lowest BCUT2D eigenvalue weighted by Gasteiger charge is -2.25. The molecule has 2 aliphatic heterocycles. The van der Waals surface area contributed by atoms with Crippen LogP contribution in [0.5, 0.6) is 0 Å². The molecule has 32 heavy (non-hydrogen) atoms. The van der Waals surface area contributed by atoms with Gasteiger partial charge in [-0.1, -0.05) is 0 Å². The van der Waals surface area contributed by atoms with Crippen molar-refractivity contribution in [2.75, 3.05) is 0 Å². The van der Waals surface area contributed by atoms with Crippen molar-refractivity contribution in [2.24, 2.45) is 5.92 Å². The van der Waals surface area contributed by atoms with Gasteiger partial charge in [-0.3, -0.25) is 9.78 Å². The second kappa shape index (κ2) is 7.64. The van der Waals surface area contributed by atoms with E-state index in [9.17, 15) is 18.0 Å². The summed E-state index contributed by atoms with van der Waals surface area (Å²) in [4.78, 5) is 28.7. The summed E-state index contributed by atoms with van der Waals surface area (Å²) in [6.45, 7) is 1.87. The van der Waals surface area contributed by atoms with Crippen LogP contribution >= 0.6 is 0 Å². The van der Waals surface area contributed by atoms with Gasteiger partial charge in [-0.2, -0.15) is 23.4 Å². The van der Waals surface area contributed by atoms with Crippen LogP contribution in [0.1, 0.15) is 46.6 Å². The van der Waals surface area contributed by atoms with Crippen LogP contribution in [0, 0.1) is 12.8 Å². The maximum atomic E-state index is 13.6. The number of amides is 1. The highest BCUT2D eigenvalue weighted by molar-refractivity contribution is 5.98. The van der Waals surface area contributed by atoms with E-state index in [4.69, 9.17) is 0 Å². The molecule has 2 fully saturated rings. The number of nitrogens with zero attached hydrogens (tertiary/aromatic N) is 7. The fourth-order valence-corrected chi connectivity index (χ4v) is 4.87. The molecule has 0 saturated carbocycles. The average Bonchev–Trinajstić information content (AvgIpc) is 3.49. The van der Waals surface area contributed by atoms with Gasteiger partial charge in [0.25, 0.3) is 5.91 Å². The minimum Gasteiger partial charge on any atom is -0.332 e. The van der Waals surface area contributed by atoms with Gasteiger partial charge in [-0.25, -0.2) is 9.97 Å². The normalized spacial score (nSPS) is 22.5. The second-order valence-electron chi connectivity index (χ2n) is 8.30. The third-order valence-electron chi connectivity index (χ3n) is 6.21. The van der Waals surface area contributed by atoms with Gasteiger partial charge >= 0.3 is 6.18 Å². The first-order valence-corrected chi connectivity index (χ1v) is 10.4. The number of pyridine rings is 1. The number of hydrogen-bond donors (Lipinski definition) is 0. The molecule has 3 aromatic heterocycles. The molecule has 3 atom stereocenters. The quantitative estimate of drug-likeness (QED) is 0.616. The zero-order valence-electron chi connectivity index (χ0n) is 17.2. The first kappa shape index (κ1) is 20.5. The summed E-state index contributed by atoms with van der Waals surface area (Å²) >= 11 is 0. The molecular weight excluding hydrogens is 423 g/mol. The van der Waals surface area contributed by atoms with Crippen molar-refractivity contribution in [2.45, 2.75) is 50.9 Å². The summed E-state index contributed by atoms with van der Waals surface area (Å²) in [6.07, 6.45) is 5.19. The zero-order chi connectivity index (χ0) is 22.5. The Kier molecular flexibility index (Phi) is 4.90. The highest BCUT2D eigenvalue weighted by Crippen LogP contribution is 2.44. The Morgan fingerprint density at radius 3 is 2.56 bits per heavy atom. The molecule has 2 saturated heterocycles. The standard InChI is InChI=1S/C21H20F3N7O/c1-12-6-16(19(27-9-12)31-28-4-5-29-31)20(32)30-15-2-3-17(30)13(8-15)7-14-10-26-18(11-25-14)21(22,23)24/h4-6,9-11,13,15,17H,2-3,7-8H2,1H3. The first-order chi connectivity index (χ1) is 15.3. The zero-order valence-corrected chi connectivity index (χ0v) is 17.2. The van der Waals surface area contributed by atoms with Crippen LogP contribution in [0.3, 0.4) is 0 Å². The fourth-order valence-electron chi connectivity index (χ4n) is 4.87. The van der Waals surface area contributed by atoms with Gasteiger partial charge in [0.15, 0.2) is 11.5 Å². The van der Waals surface area contributed by atoms with E-state index in [0.717, 1.165) is 31.0 Å². The maximum absolute atomic E-state index is 13.6. The van der Waals surface area contributed by atoms with Gasteiger partial charge in [0, 0.05) is 24.5 Å². The van der Waals surface area contributed by atoms with Crippen molar-refractivity contribution in [3.63, 3.8) is 0 Å². The first-order valence-electron chi connectivity index (χ1n) is 10.4. The molecule has 5 heterocycles. The van der Waals surface area contributed by atoms with E-state index < -0.39 is 11.9 Å². The Morgan fingerprint density at radius 2 is 1.88 bits per heavy atom. The number of halogens is 3. The lowest BCUT2D eigenvalue weighted by Crippen LogP contribution is -2.37. The van der Waals surface area contributed by atoms with Crippen LogP contribution in [0.15, 0.2) is 37.1 Å². The number of fused-ring (bicyclic) bond motifs is 2. The largest absolute Gasteiger partial charge is 0.434 e. The number of carbonyl (C=O) groups excluding carboxylic acids is 1. The third-order valence-corrected chi connectivity index (χ3v) is 6.21. The Morgan fingerprint density at radius 1 is 1.09 bits per heavy atom. The van der Waals surface area contributed by atoms with Crippen molar-refractivity contribution in [3.05, 3.63) is 59.6 Å². The Labute approximate surface area is 181 Å². The van der Waals surface area contributed by atoms with E-state index in [1.165, 1.54) is 23.4 Å². The predicted octanol–water partition coefficient (Wildman–Crippen LogP) is 3.02. The molecular formula is C21H20F3N7O. The van der Waals surface area contributed by atoms with Gasteiger partial charge in [0.1, 0.15) is 0 Å². The van der Waals surface area contributed by atoms with Crippen molar-refractivity contribution in [3.8, 4) is 5.82 Å². The number of hydrogen-bond acceptors (Lipinski definition) is 6. The Hall–Kier alpha value is -3.37. The molecule has 0 aromatic carbocycles. The van der Waals surface area contributed by atoms with E-state index >= 15 is 0 Å². The SMILES string of the molecule is Cc1cnc(-n2nccn2)c(C(=O)N2C3CCC2C(Cc2cnc(C(F)(F)F)cn2)C3)c1. The molecule has 11 heteroatoms. The summed E-state index contributed by atoms with van der Waals surface area (Å²) in [5, 5.41) is 8.22. The van der Waals surface area contributed by atoms with E-state index in [1.54, 1.807) is 12.3 Å². The summed E-state index contributed by atoms with van der Waals surface area (Å²) < 4.78 is 38.2. The monoisotopic (exact) mass is 443 g/mol. The maximum Gasteiger partial charge on any atom is 0.434 e. The van der Waals surface area contributed by atoms with Crippen molar-refractivity contribution >= 4 is 5.91 Å². The fraction of sp³-hybridized carbons (Fsp3) is 0.429. The third kappa shape index (κ3) is 3.61. The molecule has 5 rings (SSSR count). The molecule has 166 valence electrons. The molecule has 0 N–H and O–H groups in total. The van der Waals surface area contributed by atoms with Crippen molar-refractivity contribution in [1.82, 2.24) is 34.8 Å². The van der Waals surface area contributed by atoms with Gasteiger partial charge in [-0.15, -0.1) is 4.80 Å². The number of alkyl halides is 3. The molecule has 0 aliphatic carbocycles. The number of rotatable bonds is 4. The van der Waals surface area contributed by atoms with Gasteiger partial charge in [0.05, 0.1) is 29.8 Å². The summed E-state index contributed by atoms with van der Waals surface area (Å²) in [6, 6.07) is 1.87. The number of carbonyl (C=O) groups is 1. The lowest BCUT2D eigenvalue weighted by molar-refractivity contribution is -0.141. The van der Waals surface area contributed by atoms with E-state index in [2.05, 4.69) is 25.1 Å². The second-order valence-corrected chi connectivity index (χ2v) is 8.30. The molecule has 2 bridgehead atoms. The average molecular weight is 443 g/mol. The molecule has 1 amide bonds. The topological polar surface area (TPSA) is 89.7 Å². The predicted molar refractivity (Wildman–Crippen MR) is 106 cm³/mol. The lowest BCUT2D eigenvalue weighted by atomic mass is 9.86. The summed E-state index contributed by atoms with van der Waals surface area (Å²) in [5.41, 5.74) is 0.791. The van der Waals surface area contributed by atoms with Crippen LogP contribution < -0.4 is 0 Å². The van der Waals surface area contributed by atoms with Gasteiger partial charge in [-0.05, 0) is 50.2 Å². The van der Waals surface area contributed by atoms with Gasteiger partial charge in [0.2, 0.25) is 0 Å². The Balaban J connectivity index is 1.38. The van der Waals surface area contributed by atoms with Crippen LogP contribution in [0.25, 0.3) is 5.82 Å². The van der Waals surface area contributed by atoms with Crippen molar-refractivity contribution in [1.29, 1.82) is 0 Å². The van der Waals surface area contributed by atoms with Crippen LogP contribution in [-0.2, 0) is 12.6 Å². The Bertz CT molecular complexity index is 1130. The minimum atomic E-state index is -4.51. The molecule has 2 aliphatic rings. The van der Waals surface area contributed by atoms with Gasteiger partial charge < -0.3 is 4.90 Å². The summed E-state index contributed by atoms with van der Waals surface area (Å²) in [7, 11) is 0. The molecule has 0 radical (unpaired) electrons. The van der Waals surface area contributed by atoms with Crippen LogP contribution in [-0.4, -0.2) is 52.8 Å².